The SMILES string of the molecule is CCCCCCC/C=C/C1(C)CCc2c(C)c(OCCS(=O)(=O)O)c(C)c(C)c2O1. The molecule has 1 aromatic rings. The maximum absolute atomic E-state index is 11.0. The molecule has 0 saturated heterocycles. The number of allylic oxidation sites excluding steroid dienone is 1. The lowest BCUT2D eigenvalue weighted by Gasteiger charge is -2.36. The van der Waals surface area contributed by atoms with E-state index in [0.717, 1.165) is 47.3 Å². The maximum atomic E-state index is 11.0. The largest absolute Gasteiger partial charge is 0.492 e. The van der Waals surface area contributed by atoms with Crippen LogP contribution in [-0.2, 0) is 16.5 Å². The van der Waals surface area contributed by atoms with Gasteiger partial charge in [-0.25, -0.2) is 0 Å². The van der Waals surface area contributed by atoms with Crippen LogP contribution in [0.2, 0.25) is 0 Å². The van der Waals surface area contributed by atoms with Gasteiger partial charge in [-0.1, -0.05) is 38.7 Å². The van der Waals surface area contributed by atoms with Gasteiger partial charge >= 0.3 is 0 Å². The molecule has 1 N–H and O–H groups in total. The second-order valence-corrected chi connectivity index (χ2v) is 10.2. The van der Waals surface area contributed by atoms with E-state index >= 15 is 0 Å². The van der Waals surface area contributed by atoms with Gasteiger partial charge in [0.2, 0.25) is 0 Å². The van der Waals surface area contributed by atoms with E-state index in [4.69, 9.17) is 14.0 Å². The second kappa shape index (κ2) is 10.7. The third-order valence-corrected chi connectivity index (χ3v) is 6.73. The Kier molecular flexibility index (Phi) is 8.80. The highest BCUT2D eigenvalue weighted by Crippen LogP contribution is 2.44. The minimum absolute atomic E-state index is 0.0711. The molecule has 1 aliphatic rings. The fourth-order valence-corrected chi connectivity index (χ4v) is 4.33. The quantitative estimate of drug-likeness (QED) is 0.265. The molecule has 1 aromatic carbocycles. The van der Waals surface area contributed by atoms with E-state index in [-0.39, 0.29) is 12.2 Å². The van der Waals surface area contributed by atoms with Gasteiger partial charge in [0.05, 0.1) is 0 Å². The minimum atomic E-state index is -4.04. The number of rotatable bonds is 11. The molecule has 0 bridgehead atoms. The highest BCUT2D eigenvalue weighted by molar-refractivity contribution is 7.85. The van der Waals surface area contributed by atoms with E-state index in [1.54, 1.807) is 0 Å². The van der Waals surface area contributed by atoms with Gasteiger partial charge in [-0.2, -0.15) is 8.42 Å². The normalized spacial score (nSPS) is 19.0. The van der Waals surface area contributed by atoms with Crippen molar-refractivity contribution in [2.45, 2.75) is 91.6 Å². The van der Waals surface area contributed by atoms with E-state index < -0.39 is 15.9 Å². The minimum Gasteiger partial charge on any atom is -0.492 e. The van der Waals surface area contributed by atoms with Gasteiger partial charge in [-0.15, -0.1) is 0 Å². The van der Waals surface area contributed by atoms with Crippen LogP contribution in [0, 0.1) is 20.8 Å². The van der Waals surface area contributed by atoms with Gasteiger partial charge in [0.25, 0.3) is 10.1 Å². The molecule has 0 amide bonds. The van der Waals surface area contributed by atoms with Gasteiger partial charge in [-0.05, 0) is 76.1 Å². The molecule has 170 valence electrons. The van der Waals surface area contributed by atoms with Crippen LogP contribution in [0.1, 0.15) is 81.0 Å². The first-order chi connectivity index (χ1) is 14.1. The summed E-state index contributed by atoms with van der Waals surface area (Å²) in [6.07, 6.45) is 13.8. The molecule has 2 rings (SSSR count). The molecule has 0 radical (unpaired) electrons. The van der Waals surface area contributed by atoms with E-state index in [0.29, 0.717) is 5.75 Å². The predicted octanol–water partition coefficient (Wildman–Crippen LogP) is 5.88. The zero-order valence-electron chi connectivity index (χ0n) is 19.2. The fourth-order valence-electron chi connectivity index (χ4n) is 4.03. The summed E-state index contributed by atoms with van der Waals surface area (Å²) in [5, 5.41) is 0. The number of ether oxygens (including phenoxy) is 2. The Morgan fingerprint density at radius 1 is 1.10 bits per heavy atom. The molecule has 0 fully saturated rings. The Labute approximate surface area is 182 Å². The number of hydrogen-bond acceptors (Lipinski definition) is 4. The molecular weight excluding hydrogens is 400 g/mol. The van der Waals surface area contributed by atoms with Crippen LogP contribution in [0.3, 0.4) is 0 Å². The van der Waals surface area contributed by atoms with E-state index in [1.807, 2.05) is 20.8 Å². The first-order valence-corrected chi connectivity index (χ1v) is 12.8. The van der Waals surface area contributed by atoms with Crippen molar-refractivity contribution in [3.8, 4) is 11.5 Å². The van der Waals surface area contributed by atoms with Crippen molar-refractivity contribution in [2.75, 3.05) is 12.4 Å². The van der Waals surface area contributed by atoms with Gasteiger partial charge in [0, 0.05) is 5.56 Å². The Hall–Kier alpha value is -1.53. The molecule has 5 nitrogen and oxygen atoms in total. The summed E-state index contributed by atoms with van der Waals surface area (Å²) >= 11 is 0. The molecule has 0 saturated carbocycles. The third kappa shape index (κ3) is 6.74. The Morgan fingerprint density at radius 3 is 2.47 bits per heavy atom. The zero-order chi connectivity index (χ0) is 22.4. The van der Waals surface area contributed by atoms with Crippen molar-refractivity contribution >= 4 is 10.1 Å². The molecule has 1 atom stereocenters. The number of fused-ring (bicyclic) bond motifs is 1. The Morgan fingerprint density at radius 2 is 1.80 bits per heavy atom. The monoisotopic (exact) mass is 438 g/mol. The van der Waals surface area contributed by atoms with Crippen LogP contribution in [-0.4, -0.2) is 30.9 Å². The summed E-state index contributed by atoms with van der Waals surface area (Å²) in [4.78, 5) is 0. The van der Waals surface area contributed by atoms with Crippen LogP contribution >= 0.6 is 0 Å². The van der Waals surface area contributed by atoms with Crippen molar-refractivity contribution in [3.05, 3.63) is 34.4 Å². The standard InChI is InChI=1S/C24H38O5S/c1-6-7-8-9-10-11-12-14-24(5)15-13-21-20(4)22(28-16-17-30(25,26)27)18(2)19(3)23(21)29-24/h12,14H,6-11,13,15-17H2,1-5H3,(H,25,26,27)/b14-12+. The number of benzene rings is 1. The molecule has 1 unspecified atom stereocenters. The van der Waals surface area contributed by atoms with E-state index in [2.05, 4.69) is 26.0 Å². The smallest absolute Gasteiger partial charge is 0.268 e. The van der Waals surface area contributed by atoms with Gasteiger partial charge in [0.1, 0.15) is 29.5 Å². The highest BCUT2D eigenvalue weighted by atomic mass is 32.2. The Bertz CT molecular complexity index is 857. The van der Waals surface area contributed by atoms with E-state index in [9.17, 15) is 8.42 Å². The topological polar surface area (TPSA) is 72.8 Å². The number of hydrogen-bond donors (Lipinski definition) is 1. The molecule has 0 aliphatic carbocycles. The third-order valence-electron chi connectivity index (χ3n) is 6.05. The highest BCUT2D eigenvalue weighted by Gasteiger charge is 2.32. The van der Waals surface area contributed by atoms with Crippen LogP contribution in [0.15, 0.2) is 12.2 Å². The summed E-state index contributed by atoms with van der Waals surface area (Å²) in [6, 6.07) is 0. The second-order valence-electron chi connectivity index (χ2n) is 8.67. The fraction of sp³-hybridized carbons (Fsp3) is 0.667. The zero-order valence-corrected chi connectivity index (χ0v) is 20.0. The Balaban J connectivity index is 2.09. The van der Waals surface area contributed by atoms with Gasteiger partial charge in [0.15, 0.2) is 0 Å². The van der Waals surface area contributed by atoms with E-state index in [1.165, 1.54) is 32.1 Å². The molecule has 1 aliphatic heterocycles. The first kappa shape index (κ1) is 24.7. The lowest BCUT2D eigenvalue weighted by Crippen LogP contribution is -2.35. The predicted molar refractivity (Wildman–Crippen MR) is 122 cm³/mol. The van der Waals surface area contributed by atoms with Crippen LogP contribution in [0.25, 0.3) is 0 Å². The lowest BCUT2D eigenvalue weighted by molar-refractivity contribution is 0.112. The first-order valence-electron chi connectivity index (χ1n) is 11.2. The van der Waals surface area contributed by atoms with Crippen molar-refractivity contribution < 1.29 is 22.4 Å². The average molecular weight is 439 g/mol. The van der Waals surface area contributed by atoms with Crippen molar-refractivity contribution in [1.29, 1.82) is 0 Å². The summed E-state index contributed by atoms with van der Waals surface area (Å²) in [5.41, 5.74) is 3.78. The summed E-state index contributed by atoms with van der Waals surface area (Å²) in [7, 11) is -4.04. The maximum Gasteiger partial charge on any atom is 0.268 e. The van der Waals surface area contributed by atoms with Gasteiger partial charge in [-0.3, -0.25) is 4.55 Å². The van der Waals surface area contributed by atoms with Crippen molar-refractivity contribution in [2.24, 2.45) is 0 Å². The lowest BCUT2D eigenvalue weighted by atomic mass is 9.86. The van der Waals surface area contributed by atoms with Crippen molar-refractivity contribution in [1.82, 2.24) is 0 Å². The molecule has 6 heteroatoms. The molecule has 0 spiro atoms. The molecule has 0 aromatic heterocycles. The van der Waals surface area contributed by atoms with Crippen LogP contribution < -0.4 is 9.47 Å². The average Bonchev–Trinajstić information content (AvgIpc) is 2.67. The van der Waals surface area contributed by atoms with Gasteiger partial charge < -0.3 is 9.47 Å². The number of unbranched alkanes of at least 4 members (excludes halogenated alkanes) is 5. The molecule has 30 heavy (non-hydrogen) atoms. The molecular formula is C24H38O5S. The summed E-state index contributed by atoms with van der Waals surface area (Å²) in [6.45, 7) is 10.3. The van der Waals surface area contributed by atoms with Crippen LogP contribution in [0.4, 0.5) is 0 Å². The van der Waals surface area contributed by atoms with Crippen LogP contribution in [0.5, 0.6) is 11.5 Å². The molecule has 1 heterocycles. The summed E-state index contributed by atoms with van der Waals surface area (Å²) < 4.78 is 43.2. The van der Waals surface area contributed by atoms with Crippen molar-refractivity contribution in [3.63, 3.8) is 0 Å². The summed E-state index contributed by atoms with van der Waals surface area (Å²) in [5.74, 6) is 1.21.